The minimum atomic E-state index is -1.43. The molecule has 9 nitrogen and oxygen atoms in total. The Bertz CT molecular complexity index is 1030. The van der Waals surface area contributed by atoms with Crippen molar-refractivity contribution in [1.82, 2.24) is 29.9 Å². The number of nitrogens with one attached hydrogen (secondary N) is 2. The Morgan fingerprint density at radius 3 is 2.89 bits per heavy atom. The first kappa shape index (κ1) is 17.6. The van der Waals surface area contributed by atoms with Gasteiger partial charge in [0, 0.05) is 19.4 Å². The van der Waals surface area contributed by atoms with Crippen LogP contribution in [-0.4, -0.2) is 50.3 Å². The van der Waals surface area contributed by atoms with Crippen molar-refractivity contribution in [2.45, 2.75) is 37.4 Å². The van der Waals surface area contributed by atoms with E-state index < -0.39 is 5.67 Å². The lowest BCUT2D eigenvalue weighted by Gasteiger charge is -2.25. The zero-order valence-corrected chi connectivity index (χ0v) is 16.0. The van der Waals surface area contributed by atoms with Crippen LogP contribution in [0, 0.1) is 0 Å². The minimum absolute atomic E-state index is 0.0648. The van der Waals surface area contributed by atoms with Crippen molar-refractivity contribution in [3.05, 3.63) is 17.0 Å². The summed E-state index contributed by atoms with van der Waals surface area (Å²) in [6.07, 6.45) is 4.03. The predicted molar refractivity (Wildman–Crippen MR) is 99.9 cm³/mol. The molecule has 0 atom stereocenters. The van der Waals surface area contributed by atoms with E-state index in [0.717, 1.165) is 12.8 Å². The van der Waals surface area contributed by atoms with Gasteiger partial charge in [-0.05, 0) is 25.7 Å². The van der Waals surface area contributed by atoms with Gasteiger partial charge in [-0.2, -0.15) is 10.1 Å². The monoisotopic (exact) mass is 407 g/mol. The summed E-state index contributed by atoms with van der Waals surface area (Å²) >= 11 is 6.00. The molecule has 0 radical (unpaired) electrons. The van der Waals surface area contributed by atoms with Crippen LogP contribution in [0.3, 0.4) is 0 Å². The molecule has 5 rings (SSSR count). The lowest BCUT2D eigenvalue weighted by atomic mass is 10.1. The van der Waals surface area contributed by atoms with Gasteiger partial charge in [0.1, 0.15) is 16.5 Å². The van der Waals surface area contributed by atoms with Gasteiger partial charge in [-0.15, -0.1) is 5.10 Å². The molecule has 0 aromatic carbocycles. The molecule has 2 aliphatic rings. The van der Waals surface area contributed by atoms with E-state index in [2.05, 4.69) is 30.6 Å². The SMILES string of the molecule is COc1nn(C2CCOCC2)c(C2(F)CC2)c1Nc1ncc2c(Cl)[nH]nc2n1. The Morgan fingerprint density at radius 1 is 1.39 bits per heavy atom. The number of aromatic amines is 1. The highest BCUT2D eigenvalue weighted by molar-refractivity contribution is 6.34. The summed E-state index contributed by atoms with van der Waals surface area (Å²) in [6, 6.07) is 0.0648. The topological polar surface area (TPSA) is 103 Å². The molecule has 2 N–H and O–H groups in total. The number of hydrogen-bond donors (Lipinski definition) is 2. The molecule has 1 saturated heterocycles. The maximum absolute atomic E-state index is 15.4. The average Bonchev–Trinajstić information content (AvgIpc) is 3.19. The number of H-pyrrole nitrogens is 1. The number of anilines is 2. The number of nitrogens with zero attached hydrogens (tertiary/aromatic N) is 5. The van der Waals surface area contributed by atoms with E-state index in [4.69, 9.17) is 21.1 Å². The molecular weight excluding hydrogens is 389 g/mol. The lowest BCUT2D eigenvalue weighted by Crippen LogP contribution is -2.24. The molecule has 28 heavy (non-hydrogen) atoms. The van der Waals surface area contributed by atoms with E-state index in [9.17, 15) is 0 Å². The van der Waals surface area contributed by atoms with Crippen molar-refractivity contribution in [3.8, 4) is 5.88 Å². The highest BCUT2D eigenvalue weighted by Gasteiger charge is 2.51. The fourth-order valence-electron chi connectivity index (χ4n) is 3.59. The molecule has 4 heterocycles. The zero-order chi connectivity index (χ0) is 19.3. The fraction of sp³-hybridized carbons (Fsp3) is 0.529. The van der Waals surface area contributed by atoms with Gasteiger partial charge in [-0.3, -0.25) is 9.78 Å². The molecule has 0 spiro atoms. The molecule has 0 unspecified atom stereocenters. The van der Waals surface area contributed by atoms with Crippen molar-refractivity contribution >= 4 is 34.3 Å². The fourth-order valence-corrected chi connectivity index (χ4v) is 3.76. The summed E-state index contributed by atoms with van der Waals surface area (Å²) in [7, 11) is 1.51. The third kappa shape index (κ3) is 2.87. The lowest BCUT2D eigenvalue weighted by molar-refractivity contribution is 0.0633. The molecule has 3 aromatic rings. The Labute approximate surface area is 164 Å². The summed E-state index contributed by atoms with van der Waals surface area (Å²) in [5, 5.41) is 15.3. The van der Waals surface area contributed by atoms with Crippen LogP contribution in [-0.2, 0) is 10.4 Å². The molecule has 1 saturated carbocycles. The van der Waals surface area contributed by atoms with Gasteiger partial charge in [0.25, 0.3) is 5.88 Å². The molecule has 1 aliphatic carbocycles. The maximum Gasteiger partial charge on any atom is 0.257 e. The zero-order valence-electron chi connectivity index (χ0n) is 15.2. The van der Waals surface area contributed by atoms with Gasteiger partial charge < -0.3 is 14.8 Å². The van der Waals surface area contributed by atoms with Crippen LogP contribution >= 0.6 is 11.6 Å². The van der Waals surface area contributed by atoms with Gasteiger partial charge in [-0.25, -0.2) is 9.37 Å². The van der Waals surface area contributed by atoms with Crippen LogP contribution in [0.5, 0.6) is 5.88 Å². The maximum atomic E-state index is 15.4. The Hall–Kier alpha value is -2.46. The summed E-state index contributed by atoms with van der Waals surface area (Å²) < 4.78 is 28.0. The van der Waals surface area contributed by atoms with Gasteiger partial charge in [0.05, 0.1) is 18.5 Å². The van der Waals surface area contributed by atoms with E-state index in [-0.39, 0.29) is 12.0 Å². The standard InChI is InChI=1S/C17H19ClFN7O2/c1-27-15-11(21-16-20-8-10-13(18)23-24-14(10)22-16)12(17(19)4-5-17)26(25-15)9-2-6-28-7-3-9/h8-9H,2-7H2,1H3,(H2,20,21,22,23,24). The van der Waals surface area contributed by atoms with Gasteiger partial charge >= 0.3 is 0 Å². The molecule has 3 aromatic heterocycles. The molecule has 2 fully saturated rings. The Morgan fingerprint density at radius 2 is 2.18 bits per heavy atom. The number of rotatable bonds is 5. The van der Waals surface area contributed by atoms with Crippen LogP contribution in [0.2, 0.25) is 5.15 Å². The van der Waals surface area contributed by atoms with Crippen LogP contribution < -0.4 is 10.1 Å². The Balaban J connectivity index is 1.57. The number of hydrogen-bond acceptors (Lipinski definition) is 7. The van der Waals surface area contributed by atoms with Crippen LogP contribution in [0.15, 0.2) is 6.20 Å². The average molecular weight is 408 g/mol. The van der Waals surface area contributed by atoms with Crippen LogP contribution in [0.25, 0.3) is 11.0 Å². The number of halogens is 2. The van der Waals surface area contributed by atoms with Gasteiger partial charge in [0.2, 0.25) is 5.95 Å². The number of ether oxygens (including phenoxy) is 2. The number of aromatic nitrogens is 6. The van der Waals surface area contributed by atoms with E-state index in [1.54, 1.807) is 10.9 Å². The minimum Gasteiger partial charge on any atom is -0.478 e. The summed E-state index contributed by atoms with van der Waals surface area (Å²) in [5.41, 5.74) is -0.0688. The number of alkyl halides is 1. The van der Waals surface area contributed by atoms with E-state index >= 15 is 4.39 Å². The normalized spacial score (nSPS) is 19.1. The molecule has 148 valence electrons. The van der Waals surface area contributed by atoms with E-state index in [0.29, 0.717) is 59.5 Å². The Kier molecular flexibility index (Phi) is 4.13. The van der Waals surface area contributed by atoms with Gasteiger partial charge in [-0.1, -0.05) is 11.6 Å². The smallest absolute Gasteiger partial charge is 0.257 e. The second-order valence-corrected chi connectivity index (χ2v) is 7.46. The second kappa shape index (κ2) is 6.56. The van der Waals surface area contributed by atoms with Crippen LogP contribution in [0.4, 0.5) is 16.0 Å². The first-order chi connectivity index (χ1) is 13.6. The molecule has 11 heteroatoms. The molecule has 0 bridgehead atoms. The van der Waals surface area contributed by atoms with E-state index in [1.165, 1.54) is 7.11 Å². The third-order valence-electron chi connectivity index (χ3n) is 5.22. The molecule has 0 amide bonds. The first-order valence-corrected chi connectivity index (χ1v) is 9.54. The second-order valence-electron chi connectivity index (χ2n) is 7.08. The summed E-state index contributed by atoms with van der Waals surface area (Å²) in [6.45, 7) is 1.27. The highest BCUT2D eigenvalue weighted by atomic mass is 35.5. The van der Waals surface area contributed by atoms with Crippen molar-refractivity contribution in [3.63, 3.8) is 0 Å². The van der Waals surface area contributed by atoms with Crippen molar-refractivity contribution < 1.29 is 13.9 Å². The molecule has 1 aliphatic heterocycles. The number of methoxy groups -OCH3 is 1. The third-order valence-corrected chi connectivity index (χ3v) is 5.51. The van der Waals surface area contributed by atoms with Crippen molar-refractivity contribution in [2.75, 3.05) is 25.6 Å². The summed E-state index contributed by atoms with van der Waals surface area (Å²) in [4.78, 5) is 8.62. The van der Waals surface area contributed by atoms with Gasteiger partial charge in [0.15, 0.2) is 11.3 Å². The van der Waals surface area contributed by atoms with Crippen LogP contribution in [0.1, 0.15) is 37.4 Å². The van der Waals surface area contributed by atoms with E-state index in [1.807, 2.05) is 0 Å². The molecular formula is C17H19ClFN7O2. The first-order valence-electron chi connectivity index (χ1n) is 9.16. The number of fused-ring (bicyclic) bond motifs is 1. The predicted octanol–water partition coefficient (Wildman–Crippen LogP) is 3.27. The highest BCUT2D eigenvalue weighted by Crippen LogP contribution is 2.55. The largest absolute Gasteiger partial charge is 0.478 e. The van der Waals surface area contributed by atoms with Crippen molar-refractivity contribution in [1.29, 1.82) is 0 Å². The quantitative estimate of drug-likeness (QED) is 0.669. The van der Waals surface area contributed by atoms with Crippen molar-refractivity contribution in [2.24, 2.45) is 0 Å². The summed E-state index contributed by atoms with van der Waals surface area (Å²) in [5.74, 6) is 0.583.